The van der Waals surface area contributed by atoms with Crippen LogP contribution >= 0.6 is 0 Å². The van der Waals surface area contributed by atoms with Crippen molar-refractivity contribution in [2.24, 2.45) is 0 Å². The lowest BCUT2D eigenvalue weighted by Gasteiger charge is -2.12. The summed E-state index contributed by atoms with van der Waals surface area (Å²) in [4.78, 5) is 15.7. The number of pyridine rings is 1. The minimum atomic E-state index is -3.25. The number of carbonyl (C=O) groups is 1. The van der Waals surface area contributed by atoms with Gasteiger partial charge in [-0.15, -0.1) is 0 Å². The molecular weight excluding hydrogens is 290 g/mol. The minimum absolute atomic E-state index is 0.218. The largest absolute Gasteiger partial charge is 0.481 e. The van der Waals surface area contributed by atoms with Gasteiger partial charge in [-0.2, -0.15) is 0 Å². The Kier molecular flexibility index (Phi) is 4.37. The Labute approximate surface area is 123 Å². The van der Waals surface area contributed by atoms with E-state index >= 15 is 0 Å². The first kappa shape index (κ1) is 15.2. The zero-order chi connectivity index (χ0) is 15.5. The van der Waals surface area contributed by atoms with Crippen LogP contribution in [0.5, 0.6) is 0 Å². The summed E-state index contributed by atoms with van der Waals surface area (Å²) in [6.07, 6.45) is 2.95. The van der Waals surface area contributed by atoms with E-state index in [2.05, 4.69) is 4.98 Å². The number of rotatable bonds is 5. The zero-order valence-electron chi connectivity index (χ0n) is 11.4. The van der Waals surface area contributed by atoms with Crippen molar-refractivity contribution in [2.45, 2.75) is 17.2 Å². The fourth-order valence-corrected chi connectivity index (χ4v) is 2.64. The van der Waals surface area contributed by atoms with Gasteiger partial charge in [-0.25, -0.2) is 8.42 Å². The molecule has 1 atom stereocenters. The third kappa shape index (κ3) is 3.88. The standard InChI is InChI=1S/C15H15NO4S/c1-21(19,20)12-7-5-11(6-8-12)10-13(15(17)18)14-4-2-3-9-16-14/h2-9,13H,10H2,1H3,(H,17,18). The molecule has 0 aliphatic rings. The summed E-state index contributed by atoms with van der Waals surface area (Å²) in [5.41, 5.74) is 1.23. The molecular formula is C15H15NO4S. The lowest BCUT2D eigenvalue weighted by molar-refractivity contribution is -0.138. The molecule has 0 saturated heterocycles. The monoisotopic (exact) mass is 305 g/mol. The topological polar surface area (TPSA) is 84.3 Å². The van der Waals surface area contributed by atoms with E-state index in [1.165, 1.54) is 12.1 Å². The smallest absolute Gasteiger partial charge is 0.312 e. The number of aliphatic carboxylic acids is 1. The Morgan fingerprint density at radius 1 is 1.19 bits per heavy atom. The predicted molar refractivity (Wildman–Crippen MR) is 77.9 cm³/mol. The van der Waals surface area contributed by atoms with Crippen LogP contribution in [0.1, 0.15) is 17.2 Å². The van der Waals surface area contributed by atoms with E-state index < -0.39 is 21.7 Å². The van der Waals surface area contributed by atoms with Gasteiger partial charge in [-0.05, 0) is 36.2 Å². The van der Waals surface area contributed by atoms with Crippen LogP contribution in [0.3, 0.4) is 0 Å². The molecule has 5 nitrogen and oxygen atoms in total. The van der Waals surface area contributed by atoms with Crippen molar-refractivity contribution in [1.29, 1.82) is 0 Å². The van der Waals surface area contributed by atoms with Crippen molar-refractivity contribution in [3.63, 3.8) is 0 Å². The van der Waals surface area contributed by atoms with E-state index in [0.29, 0.717) is 5.69 Å². The van der Waals surface area contributed by atoms with Crippen molar-refractivity contribution in [1.82, 2.24) is 4.98 Å². The molecule has 0 fully saturated rings. The first-order valence-corrected chi connectivity index (χ1v) is 8.20. The van der Waals surface area contributed by atoms with Crippen LogP contribution in [0.4, 0.5) is 0 Å². The maximum absolute atomic E-state index is 11.4. The molecule has 0 amide bonds. The van der Waals surface area contributed by atoms with Gasteiger partial charge in [0.2, 0.25) is 0 Å². The lowest BCUT2D eigenvalue weighted by atomic mass is 9.96. The van der Waals surface area contributed by atoms with E-state index in [1.807, 2.05) is 0 Å². The Morgan fingerprint density at radius 2 is 1.86 bits per heavy atom. The van der Waals surface area contributed by atoms with Crippen LogP contribution in [-0.2, 0) is 21.1 Å². The first-order valence-electron chi connectivity index (χ1n) is 6.30. The number of hydrogen-bond acceptors (Lipinski definition) is 4. The molecule has 1 aromatic heterocycles. The molecule has 1 unspecified atom stereocenters. The van der Waals surface area contributed by atoms with Crippen LogP contribution in [0.2, 0.25) is 0 Å². The second-order valence-electron chi connectivity index (χ2n) is 4.77. The van der Waals surface area contributed by atoms with Crippen LogP contribution in [0, 0.1) is 0 Å². The SMILES string of the molecule is CS(=O)(=O)c1ccc(CC(C(=O)O)c2ccccn2)cc1. The highest BCUT2D eigenvalue weighted by Gasteiger charge is 2.21. The number of nitrogens with zero attached hydrogens (tertiary/aromatic N) is 1. The van der Waals surface area contributed by atoms with Crippen molar-refractivity contribution in [3.8, 4) is 0 Å². The van der Waals surface area contributed by atoms with E-state index in [-0.39, 0.29) is 11.3 Å². The summed E-state index contributed by atoms with van der Waals surface area (Å²) in [6, 6.07) is 11.4. The summed E-state index contributed by atoms with van der Waals surface area (Å²) < 4.78 is 22.8. The molecule has 0 spiro atoms. The fourth-order valence-electron chi connectivity index (χ4n) is 2.01. The van der Waals surface area contributed by atoms with Gasteiger partial charge in [0.1, 0.15) is 5.92 Å². The van der Waals surface area contributed by atoms with Crippen molar-refractivity contribution >= 4 is 15.8 Å². The fraction of sp³-hybridized carbons (Fsp3) is 0.200. The van der Waals surface area contributed by atoms with Gasteiger partial charge < -0.3 is 5.11 Å². The van der Waals surface area contributed by atoms with Crippen molar-refractivity contribution < 1.29 is 18.3 Å². The highest BCUT2D eigenvalue weighted by atomic mass is 32.2. The molecule has 0 radical (unpaired) electrons. The number of benzene rings is 1. The lowest BCUT2D eigenvalue weighted by Crippen LogP contribution is -2.15. The second-order valence-corrected chi connectivity index (χ2v) is 6.78. The molecule has 2 rings (SSSR count). The van der Waals surface area contributed by atoms with E-state index in [0.717, 1.165) is 11.8 Å². The highest BCUT2D eigenvalue weighted by Crippen LogP contribution is 2.20. The average molecular weight is 305 g/mol. The quantitative estimate of drug-likeness (QED) is 0.912. The zero-order valence-corrected chi connectivity index (χ0v) is 12.2. The van der Waals surface area contributed by atoms with E-state index in [9.17, 15) is 18.3 Å². The maximum Gasteiger partial charge on any atom is 0.312 e. The number of sulfone groups is 1. The predicted octanol–water partition coefficient (Wildman–Crippen LogP) is 1.90. The number of aromatic nitrogens is 1. The molecule has 21 heavy (non-hydrogen) atoms. The molecule has 0 saturated carbocycles. The first-order chi connectivity index (χ1) is 9.88. The number of carboxylic acids is 1. The van der Waals surface area contributed by atoms with Gasteiger partial charge in [-0.3, -0.25) is 9.78 Å². The molecule has 1 aromatic carbocycles. The third-order valence-electron chi connectivity index (χ3n) is 3.13. The summed E-state index contributed by atoms with van der Waals surface area (Å²) >= 11 is 0. The molecule has 0 aliphatic carbocycles. The molecule has 0 aliphatic heterocycles. The van der Waals surface area contributed by atoms with Gasteiger partial charge in [0.25, 0.3) is 0 Å². The maximum atomic E-state index is 11.4. The van der Waals surface area contributed by atoms with Crippen molar-refractivity contribution in [3.05, 3.63) is 59.9 Å². The summed E-state index contributed by atoms with van der Waals surface area (Å²) in [5.74, 6) is -1.71. The summed E-state index contributed by atoms with van der Waals surface area (Å²) in [5, 5.41) is 9.34. The van der Waals surface area contributed by atoms with Crippen LogP contribution in [0.15, 0.2) is 53.6 Å². The van der Waals surface area contributed by atoms with Gasteiger partial charge in [0, 0.05) is 12.5 Å². The highest BCUT2D eigenvalue weighted by molar-refractivity contribution is 7.90. The van der Waals surface area contributed by atoms with Crippen molar-refractivity contribution in [2.75, 3.05) is 6.26 Å². The van der Waals surface area contributed by atoms with E-state index in [1.54, 1.807) is 36.5 Å². The third-order valence-corrected chi connectivity index (χ3v) is 4.26. The van der Waals surface area contributed by atoms with Gasteiger partial charge in [-0.1, -0.05) is 18.2 Å². The number of carboxylic acid groups (broad SMARTS) is 1. The van der Waals surface area contributed by atoms with Crippen LogP contribution in [-0.4, -0.2) is 30.7 Å². The summed E-state index contributed by atoms with van der Waals surface area (Å²) in [7, 11) is -3.25. The Bertz CT molecular complexity index is 724. The van der Waals surface area contributed by atoms with Gasteiger partial charge in [0.15, 0.2) is 9.84 Å². The molecule has 1 heterocycles. The Morgan fingerprint density at radius 3 is 2.33 bits per heavy atom. The second kappa shape index (κ2) is 6.05. The molecule has 6 heteroatoms. The molecule has 110 valence electrons. The molecule has 1 N–H and O–H groups in total. The van der Waals surface area contributed by atoms with Crippen LogP contribution in [0.25, 0.3) is 0 Å². The molecule has 2 aromatic rings. The van der Waals surface area contributed by atoms with Crippen LogP contribution < -0.4 is 0 Å². The van der Waals surface area contributed by atoms with Gasteiger partial charge >= 0.3 is 5.97 Å². The normalized spacial score (nSPS) is 12.8. The average Bonchev–Trinajstić information content (AvgIpc) is 2.45. The molecule has 0 bridgehead atoms. The summed E-state index contributed by atoms with van der Waals surface area (Å²) in [6.45, 7) is 0. The van der Waals surface area contributed by atoms with E-state index in [4.69, 9.17) is 0 Å². The van der Waals surface area contributed by atoms with Gasteiger partial charge in [0.05, 0.1) is 10.6 Å². The Balaban J connectivity index is 2.24. The minimum Gasteiger partial charge on any atom is -0.481 e. The Hall–Kier alpha value is -2.21. The number of hydrogen-bond donors (Lipinski definition) is 1.